The van der Waals surface area contributed by atoms with Gasteiger partial charge in [-0.1, -0.05) is 13.0 Å². The molecule has 7 heteroatoms. The van der Waals surface area contributed by atoms with Crippen LogP contribution in [-0.2, 0) is 14.8 Å². The normalized spacial score (nSPS) is 17.0. The number of amides is 1. The summed E-state index contributed by atoms with van der Waals surface area (Å²) in [5, 5.41) is 2.78. The number of nitrogens with zero attached hydrogens (tertiary/aromatic N) is 2. The molecule has 0 radical (unpaired) electrons. The van der Waals surface area contributed by atoms with E-state index in [2.05, 4.69) is 17.1 Å². The molecule has 156 valence electrons. The summed E-state index contributed by atoms with van der Waals surface area (Å²) in [6.07, 6.45) is 1.19. The van der Waals surface area contributed by atoms with Gasteiger partial charge in [0.05, 0.1) is 11.4 Å². The van der Waals surface area contributed by atoms with Gasteiger partial charge in [0, 0.05) is 31.5 Å². The van der Waals surface area contributed by atoms with E-state index in [1.807, 2.05) is 38.1 Å². The van der Waals surface area contributed by atoms with E-state index in [9.17, 15) is 13.2 Å². The summed E-state index contributed by atoms with van der Waals surface area (Å²) in [6, 6.07) is 12.7. The molecule has 0 saturated carbocycles. The summed E-state index contributed by atoms with van der Waals surface area (Å²) in [6.45, 7) is 7.89. The topological polar surface area (TPSA) is 69.7 Å². The number of rotatable bonds is 6. The van der Waals surface area contributed by atoms with Crippen LogP contribution >= 0.6 is 0 Å². The van der Waals surface area contributed by atoms with E-state index in [-0.39, 0.29) is 17.3 Å². The zero-order chi connectivity index (χ0) is 21.2. The number of nitrogens with one attached hydrogen (secondary N) is 1. The maximum absolute atomic E-state index is 12.7. The minimum atomic E-state index is -3.72. The van der Waals surface area contributed by atoms with Crippen LogP contribution in [0.2, 0.25) is 0 Å². The standard InChI is InChI=1S/C22H29N3O3S/c1-16-11-12-25(14-16)20-8-6-19(7-9-20)23-22(26)15-24(4)29(27,28)21-10-5-17(2)18(3)13-21/h5-10,13,16H,11-12,14-15H2,1-4H3,(H,23,26). The van der Waals surface area contributed by atoms with Gasteiger partial charge in [-0.15, -0.1) is 0 Å². The van der Waals surface area contributed by atoms with Crippen molar-refractivity contribution in [2.75, 3.05) is 36.9 Å². The third-order valence-corrected chi connectivity index (χ3v) is 7.29. The van der Waals surface area contributed by atoms with Crippen molar-refractivity contribution in [3.8, 4) is 0 Å². The highest BCUT2D eigenvalue weighted by Gasteiger charge is 2.23. The number of anilines is 2. The predicted molar refractivity (Wildman–Crippen MR) is 117 cm³/mol. The van der Waals surface area contributed by atoms with Crippen molar-refractivity contribution in [3.63, 3.8) is 0 Å². The lowest BCUT2D eigenvalue weighted by molar-refractivity contribution is -0.116. The lowest BCUT2D eigenvalue weighted by Crippen LogP contribution is -2.35. The first-order valence-electron chi connectivity index (χ1n) is 9.85. The van der Waals surface area contributed by atoms with Gasteiger partial charge in [-0.3, -0.25) is 4.79 Å². The number of benzene rings is 2. The van der Waals surface area contributed by atoms with E-state index >= 15 is 0 Å². The Bertz CT molecular complexity index is 987. The number of aryl methyl sites for hydroxylation is 2. The van der Waals surface area contributed by atoms with E-state index < -0.39 is 10.0 Å². The second-order valence-corrected chi connectivity index (χ2v) is 9.99. The molecule has 3 rings (SSSR count). The Kier molecular flexibility index (Phi) is 6.29. The molecule has 0 aliphatic carbocycles. The second kappa shape index (κ2) is 8.55. The van der Waals surface area contributed by atoms with Crippen molar-refractivity contribution in [2.45, 2.75) is 32.1 Å². The van der Waals surface area contributed by atoms with Crippen LogP contribution < -0.4 is 10.2 Å². The minimum Gasteiger partial charge on any atom is -0.371 e. The molecule has 2 aromatic carbocycles. The average molecular weight is 416 g/mol. The summed E-state index contributed by atoms with van der Waals surface area (Å²) >= 11 is 0. The van der Waals surface area contributed by atoms with E-state index in [1.165, 1.54) is 13.5 Å². The Labute approximate surface area is 173 Å². The zero-order valence-electron chi connectivity index (χ0n) is 17.5. The maximum Gasteiger partial charge on any atom is 0.243 e. The average Bonchev–Trinajstić information content (AvgIpc) is 3.10. The van der Waals surface area contributed by atoms with Gasteiger partial charge in [0.2, 0.25) is 15.9 Å². The highest BCUT2D eigenvalue weighted by Crippen LogP contribution is 2.25. The summed E-state index contributed by atoms with van der Waals surface area (Å²) in [4.78, 5) is 14.9. The van der Waals surface area contributed by atoms with Gasteiger partial charge in [-0.25, -0.2) is 8.42 Å². The van der Waals surface area contributed by atoms with Crippen LogP contribution in [0, 0.1) is 19.8 Å². The van der Waals surface area contributed by atoms with Gasteiger partial charge in [0.25, 0.3) is 0 Å². The van der Waals surface area contributed by atoms with E-state index in [4.69, 9.17) is 0 Å². The largest absolute Gasteiger partial charge is 0.371 e. The quantitative estimate of drug-likeness (QED) is 0.785. The molecule has 1 unspecified atom stereocenters. The van der Waals surface area contributed by atoms with Crippen molar-refractivity contribution in [3.05, 3.63) is 53.6 Å². The van der Waals surface area contributed by atoms with Gasteiger partial charge < -0.3 is 10.2 Å². The Morgan fingerprint density at radius 1 is 1.14 bits per heavy atom. The number of sulfonamides is 1. The lowest BCUT2D eigenvalue weighted by Gasteiger charge is -2.19. The van der Waals surface area contributed by atoms with E-state index in [0.29, 0.717) is 11.6 Å². The third kappa shape index (κ3) is 4.97. The molecule has 29 heavy (non-hydrogen) atoms. The van der Waals surface area contributed by atoms with Crippen LogP contribution in [0.1, 0.15) is 24.5 Å². The third-order valence-electron chi connectivity index (χ3n) is 5.49. The van der Waals surface area contributed by atoms with Crippen molar-refractivity contribution < 1.29 is 13.2 Å². The Morgan fingerprint density at radius 2 is 1.83 bits per heavy atom. The monoisotopic (exact) mass is 415 g/mol. The number of hydrogen-bond acceptors (Lipinski definition) is 4. The number of likely N-dealkylation sites (N-methyl/N-ethyl adjacent to an activating group) is 1. The van der Waals surface area contributed by atoms with Crippen LogP contribution in [0.15, 0.2) is 47.4 Å². The molecule has 1 fully saturated rings. The Hall–Kier alpha value is -2.38. The summed E-state index contributed by atoms with van der Waals surface area (Å²) in [5.74, 6) is 0.326. The molecule has 1 amide bonds. The zero-order valence-corrected chi connectivity index (χ0v) is 18.3. The van der Waals surface area contributed by atoms with Crippen LogP contribution in [0.5, 0.6) is 0 Å². The van der Waals surface area contributed by atoms with Crippen molar-refractivity contribution in [1.29, 1.82) is 0 Å². The fourth-order valence-corrected chi connectivity index (χ4v) is 4.68. The Morgan fingerprint density at radius 3 is 2.41 bits per heavy atom. The molecule has 0 bridgehead atoms. The SMILES string of the molecule is Cc1ccc(S(=O)(=O)N(C)CC(=O)Nc2ccc(N3CCC(C)C3)cc2)cc1C. The van der Waals surface area contributed by atoms with E-state index in [1.54, 1.807) is 18.2 Å². The van der Waals surface area contributed by atoms with Crippen molar-refractivity contribution in [2.24, 2.45) is 5.92 Å². The molecule has 1 saturated heterocycles. The molecule has 0 aromatic heterocycles. The molecule has 1 aliphatic heterocycles. The fourth-order valence-electron chi connectivity index (χ4n) is 3.47. The first-order valence-corrected chi connectivity index (χ1v) is 11.3. The van der Waals surface area contributed by atoms with Gasteiger partial charge in [-0.05, 0) is 73.7 Å². The smallest absolute Gasteiger partial charge is 0.243 e. The van der Waals surface area contributed by atoms with E-state index in [0.717, 1.165) is 34.2 Å². The molecule has 1 N–H and O–H groups in total. The summed E-state index contributed by atoms with van der Waals surface area (Å²) in [5.41, 5.74) is 3.72. The minimum absolute atomic E-state index is 0.195. The first kappa shape index (κ1) is 21.3. The number of carbonyl (C=O) groups excluding carboxylic acids is 1. The summed E-state index contributed by atoms with van der Waals surface area (Å²) < 4.78 is 26.6. The van der Waals surface area contributed by atoms with Crippen molar-refractivity contribution >= 4 is 27.3 Å². The molecule has 0 spiro atoms. The first-order chi connectivity index (χ1) is 13.7. The predicted octanol–water partition coefficient (Wildman–Crippen LogP) is 3.41. The van der Waals surface area contributed by atoms with Gasteiger partial charge in [0.1, 0.15) is 0 Å². The van der Waals surface area contributed by atoms with Gasteiger partial charge in [0.15, 0.2) is 0 Å². The highest BCUT2D eigenvalue weighted by atomic mass is 32.2. The number of hydrogen-bond donors (Lipinski definition) is 1. The molecule has 6 nitrogen and oxygen atoms in total. The maximum atomic E-state index is 12.7. The molecular weight excluding hydrogens is 386 g/mol. The van der Waals surface area contributed by atoms with Crippen LogP contribution in [0.4, 0.5) is 11.4 Å². The van der Waals surface area contributed by atoms with Crippen LogP contribution in [0.25, 0.3) is 0 Å². The molecule has 1 atom stereocenters. The number of carbonyl (C=O) groups is 1. The Balaban J connectivity index is 1.61. The highest BCUT2D eigenvalue weighted by molar-refractivity contribution is 7.89. The van der Waals surface area contributed by atoms with Crippen molar-refractivity contribution in [1.82, 2.24) is 4.31 Å². The molecule has 2 aromatic rings. The van der Waals surface area contributed by atoms with Gasteiger partial charge >= 0.3 is 0 Å². The molecular formula is C22H29N3O3S. The fraction of sp³-hybridized carbons (Fsp3) is 0.409. The molecule has 1 heterocycles. The van der Waals surface area contributed by atoms with Gasteiger partial charge in [-0.2, -0.15) is 4.31 Å². The van der Waals surface area contributed by atoms with Crippen LogP contribution in [0.3, 0.4) is 0 Å². The lowest BCUT2D eigenvalue weighted by atomic mass is 10.1. The second-order valence-electron chi connectivity index (χ2n) is 7.94. The summed E-state index contributed by atoms with van der Waals surface area (Å²) in [7, 11) is -2.30. The molecule has 1 aliphatic rings. The van der Waals surface area contributed by atoms with Crippen LogP contribution in [-0.4, -0.2) is 45.3 Å².